The Bertz CT molecular complexity index is 1380. The molecule has 1 saturated heterocycles. The van der Waals surface area contributed by atoms with E-state index >= 15 is 0 Å². The Labute approximate surface area is 222 Å². The Kier molecular flexibility index (Phi) is 7.39. The molecule has 1 amide bonds. The molecule has 0 radical (unpaired) electrons. The summed E-state index contributed by atoms with van der Waals surface area (Å²) in [4.78, 5) is 28.4. The molecule has 8 nitrogen and oxygen atoms in total. The van der Waals surface area contributed by atoms with Gasteiger partial charge in [-0.1, -0.05) is 13.1 Å². The van der Waals surface area contributed by atoms with Crippen LogP contribution in [0.15, 0.2) is 46.2 Å². The first kappa shape index (κ1) is 28.4. The Balaban J connectivity index is 1.67. The van der Waals surface area contributed by atoms with Gasteiger partial charge in [-0.3, -0.25) is 9.59 Å². The lowest BCUT2D eigenvalue weighted by atomic mass is 9.88. The van der Waals surface area contributed by atoms with Crippen molar-refractivity contribution in [2.24, 2.45) is 0 Å². The number of carbonyl (C=O) groups excluding carboxylic acids is 1. The molecule has 4 rings (SSSR count). The van der Waals surface area contributed by atoms with E-state index in [0.29, 0.717) is 18.8 Å². The average Bonchev–Trinajstić information content (AvgIpc) is 2.77. The van der Waals surface area contributed by atoms with E-state index in [1.54, 1.807) is 0 Å². The molecule has 2 heterocycles. The molecule has 1 aromatic carbocycles. The monoisotopic (exact) mass is 567 g/mol. The molecule has 1 aromatic heterocycles. The fraction of sp³-hybridized carbons (Fsp3) is 0.538. The lowest BCUT2D eigenvalue weighted by Crippen LogP contribution is -2.43. The number of anilines is 2. The molecular formula is C26H35F2N3O5SSi. The quantitative estimate of drug-likeness (QED) is 0.487. The third-order valence-corrected chi connectivity index (χ3v) is 12.5. The van der Waals surface area contributed by atoms with Crippen LogP contribution in [0, 0.1) is 0 Å². The first-order valence-electron chi connectivity index (χ1n) is 12.7. The zero-order chi connectivity index (χ0) is 28.1. The average molecular weight is 568 g/mol. The molecule has 0 unspecified atom stereocenters. The van der Waals surface area contributed by atoms with Crippen molar-refractivity contribution < 1.29 is 27.1 Å². The Morgan fingerprint density at radius 2 is 1.82 bits per heavy atom. The van der Waals surface area contributed by atoms with Crippen LogP contribution in [0.1, 0.15) is 43.1 Å². The van der Waals surface area contributed by atoms with Crippen molar-refractivity contribution >= 4 is 35.2 Å². The summed E-state index contributed by atoms with van der Waals surface area (Å²) in [6, 6.07) is 8.49. The maximum Gasteiger partial charge on any atom is 0.274 e. The maximum atomic E-state index is 13.4. The summed E-state index contributed by atoms with van der Waals surface area (Å²) in [6.07, 6.45) is 0.582. The number of nitrogens with zero attached hydrogens (tertiary/aromatic N) is 2. The van der Waals surface area contributed by atoms with Crippen LogP contribution in [0.25, 0.3) is 0 Å². The molecule has 1 aliphatic heterocycles. The van der Waals surface area contributed by atoms with Gasteiger partial charge in [0.25, 0.3) is 17.4 Å². The normalized spacial score (nSPS) is 19.6. The van der Waals surface area contributed by atoms with E-state index in [-0.39, 0.29) is 16.1 Å². The van der Waals surface area contributed by atoms with Crippen molar-refractivity contribution in [1.29, 1.82) is 0 Å². The van der Waals surface area contributed by atoms with Gasteiger partial charge in [-0.05, 0) is 56.3 Å². The minimum absolute atomic E-state index is 0.00114. The minimum Gasteiger partial charge on any atom is -0.389 e. The fourth-order valence-electron chi connectivity index (χ4n) is 4.97. The van der Waals surface area contributed by atoms with E-state index in [2.05, 4.69) is 18.4 Å². The van der Waals surface area contributed by atoms with Crippen LogP contribution < -0.4 is 15.8 Å². The number of aromatic nitrogens is 1. The number of aliphatic hydroxyl groups is 1. The number of alkyl halides is 2. The summed E-state index contributed by atoms with van der Waals surface area (Å²) in [5.41, 5.74) is -1.40. The molecule has 2 N–H and O–H groups in total. The molecule has 2 fully saturated rings. The van der Waals surface area contributed by atoms with Gasteiger partial charge in [0, 0.05) is 38.2 Å². The van der Waals surface area contributed by atoms with Crippen molar-refractivity contribution in [3.63, 3.8) is 0 Å². The number of pyridine rings is 1. The van der Waals surface area contributed by atoms with Crippen molar-refractivity contribution in [3.8, 4) is 0 Å². The summed E-state index contributed by atoms with van der Waals surface area (Å²) in [5, 5.41) is 12.7. The highest BCUT2D eigenvalue weighted by Crippen LogP contribution is 2.44. The molecule has 2 aliphatic rings. The van der Waals surface area contributed by atoms with Crippen LogP contribution >= 0.6 is 0 Å². The van der Waals surface area contributed by atoms with Crippen LogP contribution in [0.3, 0.4) is 0 Å². The van der Waals surface area contributed by atoms with Gasteiger partial charge in [0.05, 0.1) is 35.6 Å². The maximum absolute atomic E-state index is 13.4. The summed E-state index contributed by atoms with van der Waals surface area (Å²) in [6.45, 7) is 8.76. The number of hydrogen-bond acceptors (Lipinski definition) is 6. The second-order valence-electron chi connectivity index (χ2n) is 11.9. The fourth-order valence-corrected chi connectivity index (χ4v) is 8.63. The standard InChI is InChI=1S/C26H35F2N3O5SSi/c1-25(2,34)17-37(35,36)19-7-8-20(22(14-19)30-10-12-38(3,4)13-11-30)23(32)29-21-6-5-9-31(24(21)33)18-15-26(27,28)16-18/h5-9,14,18,34H,10-13,15-17H2,1-4H3,(H,29,32). The van der Waals surface area contributed by atoms with Gasteiger partial charge in [0.1, 0.15) is 5.69 Å². The zero-order valence-electron chi connectivity index (χ0n) is 22.1. The molecular weight excluding hydrogens is 532 g/mol. The number of hydrogen-bond donors (Lipinski definition) is 2. The molecule has 0 atom stereocenters. The largest absolute Gasteiger partial charge is 0.389 e. The Morgan fingerprint density at radius 3 is 2.39 bits per heavy atom. The van der Waals surface area contributed by atoms with Crippen molar-refractivity contribution in [2.75, 3.05) is 29.1 Å². The second kappa shape index (κ2) is 9.87. The molecule has 2 aromatic rings. The van der Waals surface area contributed by atoms with Crippen LogP contribution in [-0.2, 0) is 9.84 Å². The van der Waals surface area contributed by atoms with Crippen LogP contribution in [0.4, 0.5) is 20.2 Å². The number of carbonyl (C=O) groups is 1. The minimum atomic E-state index is -3.85. The Hall–Kier alpha value is -2.57. The van der Waals surface area contributed by atoms with E-state index in [9.17, 15) is 31.9 Å². The van der Waals surface area contributed by atoms with Crippen LogP contribution in [0.5, 0.6) is 0 Å². The molecule has 12 heteroatoms. The number of sulfone groups is 1. The van der Waals surface area contributed by atoms with Crippen molar-refractivity contribution in [3.05, 3.63) is 52.4 Å². The third kappa shape index (κ3) is 6.35. The predicted molar refractivity (Wildman–Crippen MR) is 146 cm³/mol. The van der Waals surface area contributed by atoms with Gasteiger partial charge < -0.3 is 19.9 Å². The topological polar surface area (TPSA) is 109 Å². The molecule has 0 spiro atoms. The van der Waals surface area contributed by atoms with Gasteiger partial charge in [0.2, 0.25) is 0 Å². The van der Waals surface area contributed by atoms with E-state index in [0.717, 1.165) is 12.1 Å². The van der Waals surface area contributed by atoms with Crippen molar-refractivity contribution in [2.45, 2.75) is 74.3 Å². The van der Waals surface area contributed by atoms with Gasteiger partial charge >= 0.3 is 0 Å². The summed E-state index contributed by atoms with van der Waals surface area (Å²) in [5.74, 6) is -3.87. The van der Waals surface area contributed by atoms with E-state index in [1.165, 1.54) is 54.9 Å². The first-order valence-corrected chi connectivity index (χ1v) is 17.8. The summed E-state index contributed by atoms with van der Waals surface area (Å²) >= 11 is 0. The van der Waals surface area contributed by atoms with E-state index in [4.69, 9.17) is 0 Å². The van der Waals surface area contributed by atoms with Crippen LogP contribution in [-0.4, -0.2) is 62.4 Å². The SMILES string of the molecule is CC(C)(O)CS(=O)(=O)c1ccc(C(=O)Nc2cccn(C3CC(F)(F)C3)c2=O)c(N2CC[Si](C)(C)CC2)c1. The summed E-state index contributed by atoms with van der Waals surface area (Å²) < 4.78 is 54.0. The molecule has 1 saturated carbocycles. The lowest BCUT2D eigenvalue weighted by molar-refractivity contribution is -0.104. The van der Waals surface area contributed by atoms with Gasteiger partial charge in [0.15, 0.2) is 9.84 Å². The Morgan fingerprint density at radius 1 is 1.18 bits per heavy atom. The first-order chi connectivity index (χ1) is 17.5. The van der Waals surface area contributed by atoms with Gasteiger partial charge in [-0.15, -0.1) is 0 Å². The molecule has 208 valence electrons. The lowest BCUT2D eigenvalue weighted by Gasteiger charge is -2.38. The van der Waals surface area contributed by atoms with E-state index in [1.807, 2.05) is 4.90 Å². The van der Waals surface area contributed by atoms with Crippen molar-refractivity contribution in [1.82, 2.24) is 4.57 Å². The number of benzene rings is 1. The van der Waals surface area contributed by atoms with E-state index < -0.39 is 65.5 Å². The number of halogens is 2. The number of nitrogens with one attached hydrogen (secondary N) is 1. The molecule has 0 bridgehead atoms. The third-order valence-electron chi connectivity index (χ3n) is 7.26. The van der Waals surface area contributed by atoms with Gasteiger partial charge in [-0.25, -0.2) is 17.2 Å². The van der Waals surface area contributed by atoms with Crippen LogP contribution in [0.2, 0.25) is 25.2 Å². The molecule has 1 aliphatic carbocycles. The second-order valence-corrected chi connectivity index (χ2v) is 19.2. The highest BCUT2D eigenvalue weighted by molar-refractivity contribution is 7.91. The number of amides is 1. The van der Waals surface area contributed by atoms with Gasteiger partial charge in [-0.2, -0.15) is 0 Å². The highest BCUT2D eigenvalue weighted by Gasteiger charge is 2.46. The smallest absolute Gasteiger partial charge is 0.274 e. The predicted octanol–water partition coefficient (Wildman–Crippen LogP) is 4.14. The summed E-state index contributed by atoms with van der Waals surface area (Å²) in [7, 11) is -5.22. The molecule has 38 heavy (non-hydrogen) atoms. The highest BCUT2D eigenvalue weighted by atomic mass is 32.2. The number of rotatable bonds is 7. The zero-order valence-corrected chi connectivity index (χ0v) is 23.9.